The molecule has 4 nitrogen and oxygen atoms in total. The first-order chi connectivity index (χ1) is 9.57. The predicted octanol–water partition coefficient (Wildman–Crippen LogP) is 2.15. The number of benzene rings is 1. The molecule has 1 aromatic carbocycles. The first kappa shape index (κ1) is 13.7. The van der Waals surface area contributed by atoms with Crippen LogP contribution in [-0.4, -0.2) is 42.9 Å². The van der Waals surface area contributed by atoms with Gasteiger partial charge in [-0.2, -0.15) is 0 Å². The van der Waals surface area contributed by atoms with Gasteiger partial charge in [-0.05, 0) is 38.3 Å². The lowest BCUT2D eigenvalue weighted by Gasteiger charge is -2.26. The second-order valence-corrected chi connectivity index (χ2v) is 6.05. The molecule has 1 aliphatic carbocycles. The van der Waals surface area contributed by atoms with Gasteiger partial charge in [-0.3, -0.25) is 4.90 Å². The molecule has 1 heterocycles. The van der Waals surface area contributed by atoms with Gasteiger partial charge >= 0.3 is 0 Å². The Labute approximate surface area is 120 Å². The van der Waals surface area contributed by atoms with Crippen molar-refractivity contribution in [2.45, 2.75) is 43.9 Å². The van der Waals surface area contributed by atoms with E-state index in [2.05, 4.69) is 11.8 Å². The van der Waals surface area contributed by atoms with Crippen LogP contribution in [0.15, 0.2) is 18.2 Å². The Morgan fingerprint density at radius 2 is 2.00 bits per heavy atom. The summed E-state index contributed by atoms with van der Waals surface area (Å²) < 4.78 is 10.7. The van der Waals surface area contributed by atoms with Gasteiger partial charge in [0.25, 0.3) is 0 Å². The zero-order valence-electron chi connectivity index (χ0n) is 12.4. The average molecular weight is 277 g/mol. The molecule has 2 aliphatic rings. The third-order valence-corrected chi connectivity index (χ3v) is 4.57. The summed E-state index contributed by atoms with van der Waals surface area (Å²) in [5, 5.41) is 11.1. The van der Waals surface area contributed by atoms with Gasteiger partial charge in [-0.1, -0.05) is 0 Å². The van der Waals surface area contributed by atoms with E-state index in [1.807, 2.05) is 18.2 Å². The molecular weight excluding hydrogens is 254 g/mol. The molecule has 1 aromatic rings. The Balaban J connectivity index is 1.91. The third kappa shape index (κ3) is 2.27. The molecule has 2 unspecified atom stereocenters. The second-order valence-electron chi connectivity index (χ2n) is 6.05. The van der Waals surface area contributed by atoms with Crippen molar-refractivity contribution in [1.29, 1.82) is 0 Å². The second kappa shape index (κ2) is 4.93. The first-order valence-corrected chi connectivity index (χ1v) is 7.28. The number of methoxy groups -OCH3 is 2. The third-order valence-electron chi connectivity index (χ3n) is 4.57. The maximum atomic E-state index is 11.1. The lowest BCUT2D eigenvalue weighted by Crippen LogP contribution is -2.33. The maximum Gasteiger partial charge on any atom is 0.128 e. The fourth-order valence-electron chi connectivity index (χ4n) is 3.40. The van der Waals surface area contributed by atoms with Crippen molar-refractivity contribution >= 4 is 0 Å². The zero-order valence-corrected chi connectivity index (χ0v) is 12.4. The summed E-state index contributed by atoms with van der Waals surface area (Å²) in [5.74, 6) is 1.45. The van der Waals surface area contributed by atoms with Crippen LogP contribution in [0.2, 0.25) is 0 Å². The SMILES string of the molecule is COc1ccc(C2(O)CC(C)N(C3CC3)C2)c(OC)c1. The number of hydrogen-bond donors (Lipinski definition) is 1. The molecule has 2 atom stereocenters. The summed E-state index contributed by atoms with van der Waals surface area (Å²) in [6.45, 7) is 2.90. The molecule has 3 rings (SSSR count). The summed E-state index contributed by atoms with van der Waals surface area (Å²) in [4.78, 5) is 2.43. The molecule has 0 amide bonds. The van der Waals surface area contributed by atoms with Crippen LogP contribution in [0, 0.1) is 0 Å². The number of nitrogens with zero attached hydrogens (tertiary/aromatic N) is 1. The van der Waals surface area contributed by atoms with E-state index < -0.39 is 5.60 Å². The molecule has 1 aliphatic heterocycles. The molecule has 0 aromatic heterocycles. The van der Waals surface area contributed by atoms with Gasteiger partial charge in [-0.15, -0.1) is 0 Å². The summed E-state index contributed by atoms with van der Waals surface area (Å²) in [7, 11) is 3.27. The van der Waals surface area contributed by atoms with Gasteiger partial charge in [0, 0.05) is 30.3 Å². The van der Waals surface area contributed by atoms with E-state index in [-0.39, 0.29) is 0 Å². The fraction of sp³-hybridized carbons (Fsp3) is 0.625. The van der Waals surface area contributed by atoms with E-state index in [1.165, 1.54) is 12.8 Å². The lowest BCUT2D eigenvalue weighted by molar-refractivity contribution is 0.0427. The van der Waals surface area contributed by atoms with Crippen LogP contribution in [0.3, 0.4) is 0 Å². The molecule has 1 saturated carbocycles. The summed E-state index contributed by atoms with van der Waals surface area (Å²) in [6.07, 6.45) is 3.28. The van der Waals surface area contributed by atoms with Crippen molar-refractivity contribution in [3.8, 4) is 11.5 Å². The largest absolute Gasteiger partial charge is 0.497 e. The summed E-state index contributed by atoms with van der Waals surface area (Å²) in [5.41, 5.74) is 0.0513. The van der Waals surface area contributed by atoms with Crippen LogP contribution in [0.5, 0.6) is 11.5 Å². The molecule has 1 N–H and O–H groups in total. The van der Waals surface area contributed by atoms with Gasteiger partial charge in [0.05, 0.1) is 14.2 Å². The average Bonchev–Trinajstić information content (AvgIpc) is 3.24. The molecule has 1 saturated heterocycles. The molecule has 0 bridgehead atoms. The number of hydrogen-bond acceptors (Lipinski definition) is 4. The number of rotatable bonds is 4. The van der Waals surface area contributed by atoms with Crippen molar-refractivity contribution in [2.75, 3.05) is 20.8 Å². The highest BCUT2D eigenvalue weighted by Gasteiger charge is 2.47. The van der Waals surface area contributed by atoms with E-state index >= 15 is 0 Å². The first-order valence-electron chi connectivity index (χ1n) is 7.28. The summed E-state index contributed by atoms with van der Waals surface area (Å²) >= 11 is 0. The maximum absolute atomic E-state index is 11.1. The highest BCUT2D eigenvalue weighted by molar-refractivity contribution is 5.44. The lowest BCUT2D eigenvalue weighted by atomic mass is 9.90. The predicted molar refractivity (Wildman–Crippen MR) is 77.2 cm³/mol. The minimum absolute atomic E-state index is 0.416. The fourth-order valence-corrected chi connectivity index (χ4v) is 3.40. The van der Waals surface area contributed by atoms with Crippen LogP contribution in [0.25, 0.3) is 0 Å². The normalized spacial score (nSPS) is 30.5. The number of likely N-dealkylation sites (tertiary alicyclic amines) is 1. The van der Waals surface area contributed by atoms with Crippen molar-refractivity contribution in [1.82, 2.24) is 4.90 Å². The van der Waals surface area contributed by atoms with E-state index in [4.69, 9.17) is 9.47 Å². The van der Waals surface area contributed by atoms with Gasteiger partial charge in [0.2, 0.25) is 0 Å². The van der Waals surface area contributed by atoms with Gasteiger partial charge < -0.3 is 14.6 Å². The Bertz CT molecular complexity index is 500. The molecule has 110 valence electrons. The van der Waals surface area contributed by atoms with Gasteiger partial charge in [-0.25, -0.2) is 0 Å². The number of β-amino-alcohol motifs (C(OH)–C–C–N with tert-alkyl or cyclic N) is 1. The molecule has 20 heavy (non-hydrogen) atoms. The van der Waals surface area contributed by atoms with Crippen LogP contribution >= 0.6 is 0 Å². The van der Waals surface area contributed by atoms with E-state index in [0.29, 0.717) is 24.4 Å². The smallest absolute Gasteiger partial charge is 0.128 e. The molecule has 0 spiro atoms. The molecular formula is C16H23NO3. The highest BCUT2D eigenvalue weighted by Crippen LogP contribution is 2.44. The van der Waals surface area contributed by atoms with Crippen molar-refractivity contribution in [3.63, 3.8) is 0 Å². The van der Waals surface area contributed by atoms with Crippen LogP contribution < -0.4 is 9.47 Å². The summed E-state index contributed by atoms with van der Waals surface area (Å²) in [6, 6.07) is 6.75. The Morgan fingerprint density at radius 1 is 1.25 bits per heavy atom. The van der Waals surface area contributed by atoms with Crippen LogP contribution in [-0.2, 0) is 5.60 Å². The van der Waals surface area contributed by atoms with E-state index in [9.17, 15) is 5.11 Å². The van der Waals surface area contributed by atoms with Crippen molar-refractivity contribution < 1.29 is 14.6 Å². The van der Waals surface area contributed by atoms with Crippen LogP contribution in [0.4, 0.5) is 0 Å². The minimum atomic E-state index is -0.820. The standard InChI is InChI=1S/C16H23NO3/c1-11-9-16(18,10-17(11)12-4-5-12)14-7-6-13(19-2)8-15(14)20-3/h6-8,11-12,18H,4-5,9-10H2,1-3H3. The van der Waals surface area contributed by atoms with E-state index in [1.54, 1.807) is 14.2 Å². The number of ether oxygens (including phenoxy) is 2. The van der Waals surface area contributed by atoms with Gasteiger partial charge in [0.15, 0.2) is 0 Å². The molecule has 4 heteroatoms. The monoisotopic (exact) mass is 277 g/mol. The Morgan fingerprint density at radius 3 is 2.60 bits per heavy atom. The molecule has 0 radical (unpaired) electrons. The van der Waals surface area contributed by atoms with E-state index in [0.717, 1.165) is 17.7 Å². The minimum Gasteiger partial charge on any atom is -0.497 e. The van der Waals surface area contributed by atoms with Crippen molar-refractivity contribution in [3.05, 3.63) is 23.8 Å². The molecule has 2 fully saturated rings. The van der Waals surface area contributed by atoms with Gasteiger partial charge in [0.1, 0.15) is 17.1 Å². The topological polar surface area (TPSA) is 41.9 Å². The zero-order chi connectivity index (χ0) is 14.3. The quantitative estimate of drug-likeness (QED) is 0.915. The Kier molecular flexibility index (Phi) is 3.38. The highest BCUT2D eigenvalue weighted by atomic mass is 16.5. The Hall–Kier alpha value is -1.26. The number of aliphatic hydroxyl groups is 1. The van der Waals surface area contributed by atoms with Crippen LogP contribution in [0.1, 0.15) is 31.7 Å². The van der Waals surface area contributed by atoms with Crippen molar-refractivity contribution in [2.24, 2.45) is 0 Å².